The van der Waals surface area contributed by atoms with Gasteiger partial charge < -0.3 is 4.90 Å². The summed E-state index contributed by atoms with van der Waals surface area (Å²) in [4.78, 5) is 17.4. The molecule has 84 valence electrons. The zero-order chi connectivity index (χ0) is 11.4. The average Bonchev–Trinajstić information content (AvgIpc) is 2.39. The summed E-state index contributed by atoms with van der Waals surface area (Å²) in [7, 11) is 0. The van der Waals surface area contributed by atoms with E-state index in [1.165, 1.54) is 11.6 Å². The SMILES string of the molecule is C=CC(=O)N1CCCC(c2ccncc2)C1. The van der Waals surface area contributed by atoms with Crippen LogP contribution < -0.4 is 0 Å². The molecule has 1 amide bonds. The Kier molecular flexibility index (Phi) is 3.34. The van der Waals surface area contributed by atoms with Crippen molar-refractivity contribution in [2.75, 3.05) is 13.1 Å². The van der Waals surface area contributed by atoms with Gasteiger partial charge in [0.05, 0.1) is 0 Å². The summed E-state index contributed by atoms with van der Waals surface area (Å²) >= 11 is 0. The number of amides is 1. The number of carbonyl (C=O) groups is 1. The molecule has 0 saturated carbocycles. The number of carbonyl (C=O) groups excluding carboxylic acids is 1. The number of hydrogen-bond donors (Lipinski definition) is 0. The predicted octanol–water partition coefficient (Wildman–Crippen LogP) is 1.97. The van der Waals surface area contributed by atoms with Gasteiger partial charge in [-0.25, -0.2) is 0 Å². The number of rotatable bonds is 2. The van der Waals surface area contributed by atoms with E-state index in [-0.39, 0.29) is 5.91 Å². The molecule has 1 aliphatic rings. The van der Waals surface area contributed by atoms with Crippen molar-refractivity contribution in [1.29, 1.82) is 0 Å². The first-order valence-corrected chi connectivity index (χ1v) is 5.62. The maximum absolute atomic E-state index is 11.5. The Morgan fingerprint density at radius 2 is 2.25 bits per heavy atom. The second kappa shape index (κ2) is 4.92. The Morgan fingerprint density at radius 3 is 2.94 bits per heavy atom. The molecule has 1 aromatic heterocycles. The minimum absolute atomic E-state index is 0.0405. The summed E-state index contributed by atoms with van der Waals surface area (Å²) in [5.41, 5.74) is 1.27. The average molecular weight is 216 g/mol. The van der Waals surface area contributed by atoms with E-state index in [2.05, 4.69) is 11.6 Å². The fourth-order valence-corrected chi connectivity index (χ4v) is 2.21. The normalized spacial score (nSPS) is 20.5. The number of nitrogens with zero attached hydrogens (tertiary/aromatic N) is 2. The monoisotopic (exact) mass is 216 g/mol. The highest BCUT2D eigenvalue weighted by Crippen LogP contribution is 2.26. The third-order valence-electron chi connectivity index (χ3n) is 3.09. The van der Waals surface area contributed by atoms with Gasteiger partial charge in [-0.1, -0.05) is 6.58 Å². The molecule has 0 radical (unpaired) electrons. The third-order valence-corrected chi connectivity index (χ3v) is 3.09. The Balaban J connectivity index is 2.07. The van der Waals surface area contributed by atoms with Crippen LogP contribution in [0.3, 0.4) is 0 Å². The molecular weight excluding hydrogens is 200 g/mol. The van der Waals surface area contributed by atoms with Crippen molar-refractivity contribution in [3.63, 3.8) is 0 Å². The molecule has 2 rings (SSSR count). The highest BCUT2D eigenvalue weighted by atomic mass is 16.2. The van der Waals surface area contributed by atoms with E-state index in [4.69, 9.17) is 0 Å². The fraction of sp³-hybridized carbons (Fsp3) is 0.385. The van der Waals surface area contributed by atoms with E-state index in [9.17, 15) is 4.79 Å². The van der Waals surface area contributed by atoms with E-state index in [1.807, 2.05) is 29.4 Å². The van der Waals surface area contributed by atoms with Gasteiger partial charge in [0.2, 0.25) is 5.91 Å². The molecule has 1 fully saturated rings. The van der Waals surface area contributed by atoms with Crippen molar-refractivity contribution in [1.82, 2.24) is 9.88 Å². The Labute approximate surface area is 95.8 Å². The summed E-state index contributed by atoms with van der Waals surface area (Å²) in [5, 5.41) is 0. The van der Waals surface area contributed by atoms with Crippen molar-refractivity contribution in [2.24, 2.45) is 0 Å². The van der Waals surface area contributed by atoms with Crippen LogP contribution in [0.5, 0.6) is 0 Å². The van der Waals surface area contributed by atoms with Crippen LogP contribution in [0.1, 0.15) is 24.3 Å². The van der Waals surface area contributed by atoms with E-state index in [0.29, 0.717) is 5.92 Å². The smallest absolute Gasteiger partial charge is 0.245 e. The van der Waals surface area contributed by atoms with Crippen LogP contribution in [-0.4, -0.2) is 28.9 Å². The second-order valence-corrected chi connectivity index (χ2v) is 4.11. The molecule has 2 heterocycles. The van der Waals surface area contributed by atoms with Gasteiger partial charge in [0.25, 0.3) is 0 Å². The van der Waals surface area contributed by atoms with Gasteiger partial charge in [0.1, 0.15) is 0 Å². The quantitative estimate of drug-likeness (QED) is 0.708. The van der Waals surface area contributed by atoms with Crippen LogP contribution in [0, 0.1) is 0 Å². The van der Waals surface area contributed by atoms with Crippen LogP contribution >= 0.6 is 0 Å². The maximum Gasteiger partial charge on any atom is 0.245 e. The number of hydrogen-bond acceptors (Lipinski definition) is 2. The van der Waals surface area contributed by atoms with Gasteiger partial charge in [-0.15, -0.1) is 0 Å². The summed E-state index contributed by atoms with van der Waals surface area (Å²) in [6, 6.07) is 4.07. The van der Waals surface area contributed by atoms with Crippen LogP contribution in [-0.2, 0) is 4.79 Å². The largest absolute Gasteiger partial charge is 0.339 e. The maximum atomic E-state index is 11.5. The topological polar surface area (TPSA) is 33.2 Å². The number of likely N-dealkylation sites (tertiary alicyclic amines) is 1. The zero-order valence-corrected chi connectivity index (χ0v) is 9.30. The first-order chi connectivity index (χ1) is 7.81. The lowest BCUT2D eigenvalue weighted by molar-refractivity contribution is -0.127. The molecule has 3 nitrogen and oxygen atoms in total. The lowest BCUT2D eigenvalue weighted by Gasteiger charge is -2.32. The minimum atomic E-state index is 0.0405. The summed E-state index contributed by atoms with van der Waals surface area (Å²) in [6.45, 7) is 5.19. The van der Waals surface area contributed by atoms with Crippen molar-refractivity contribution in [3.05, 3.63) is 42.7 Å². The molecule has 16 heavy (non-hydrogen) atoms. The summed E-state index contributed by atoms with van der Waals surface area (Å²) in [6.07, 6.45) is 7.22. The van der Waals surface area contributed by atoms with Gasteiger partial charge in [0, 0.05) is 31.4 Å². The minimum Gasteiger partial charge on any atom is -0.339 e. The molecule has 3 heteroatoms. The third kappa shape index (κ3) is 2.30. The molecule has 1 unspecified atom stereocenters. The molecule has 1 aliphatic heterocycles. The summed E-state index contributed by atoms with van der Waals surface area (Å²) in [5.74, 6) is 0.486. The number of pyridine rings is 1. The van der Waals surface area contributed by atoms with Crippen molar-refractivity contribution in [3.8, 4) is 0 Å². The van der Waals surface area contributed by atoms with Crippen molar-refractivity contribution >= 4 is 5.91 Å². The predicted molar refractivity (Wildman–Crippen MR) is 63.0 cm³/mol. The Morgan fingerprint density at radius 1 is 1.50 bits per heavy atom. The lowest BCUT2D eigenvalue weighted by atomic mass is 9.91. The van der Waals surface area contributed by atoms with Crippen LogP contribution in [0.2, 0.25) is 0 Å². The Bertz CT molecular complexity index is 375. The fourth-order valence-electron chi connectivity index (χ4n) is 2.21. The van der Waals surface area contributed by atoms with Crippen LogP contribution in [0.15, 0.2) is 37.2 Å². The molecule has 1 atom stereocenters. The first-order valence-electron chi connectivity index (χ1n) is 5.62. The van der Waals surface area contributed by atoms with E-state index in [0.717, 1.165) is 25.9 Å². The standard InChI is InChI=1S/C13H16N2O/c1-2-13(16)15-9-3-4-12(10-15)11-5-7-14-8-6-11/h2,5-8,12H,1,3-4,9-10H2. The van der Waals surface area contributed by atoms with Gasteiger partial charge in [-0.2, -0.15) is 0 Å². The molecule has 0 bridgehead atoms. The van der Waals surface area contributed by atoms with Gasteiger partial charge >= 0.3 is 0 Å². The molecule has 0 N–H and O–H groups in total. The van der Waals surface area contributed by atoms with Crippen LogP contribution in [0.4, 0.5) is 0 Å². The van der Waals surface area contributed by atoms with E-state index in [1.54, 1.807) is 0 Å². The molecule has 0 aromatic carbocycles. The zero-order valence-electron chi connectivity index (χ0n) is 9.30. The van der Waals surface area contributed by atoms with Crippen LogP contribution in [0.25, 0.3) is 0 Å². The van der Waals surface area contributed by atoms with Crippen molar-refractivity contribution in [2.45, 2.75) is 18.8 Å². The first kappa shape index (κ1) is 10.9. The van der Waals surface area contributed by atoms with Gasteiger partial charge in [0.15, 0.2) is 0 Å². The van der Waals surface area contributed by atoms with Gasteiger partial charge in [-0.3, -0.25) is 9.78 Å². The highest BCUT2D eigenvalue weighted by Gasteiger charge is 2.23. The second-order valence-electron chi connectivity index (χ2n) is 4.11. The highest BCUT2D eigenvalue weighted by molar-refractivity contribution is 5.87. The molecule has 1 saturated heterocycles. The van der Waals surface area contributed by atoms with E-state index < -0.39 is 0 Å². The van der Waals surface area contributed by atoms with Crippen molar-refractivity contribution < 1.29 is 4.79 Å². The Hall–Kier alpha value is -1.64. The number of aromatic nitrogens is 1. The molecule has 0 spiro atoms. The number of piperidine rings is 1. The lowest BCUT2D eigenvalue weighted by Crippen LogP contribution is -2.38. The molecule has 1 aromatic rings. The molecular formula is C13H16N2O. The van der Waals surface area contributed by atoms with E-state index >= 15 is 0 Å². The molecule has 0 aliphatic carbocycles. The van der Waals surface area contributed by atoms with Gasteiger partial charge in [-0.05, 0) is 36.6 Å². The summed E-state index contributed by atoms with van der Waals surface area (Å²) < 4.78 is 0.